The lowest BCUT2D eigenvalue weighted by Gasteiger charge is -2.29. The van der Waals surface area contributed by atoms with E-state index < -0.39 is 57.9 Å². The number of hydrogen-bond donors (Lipinski definition) is 1. The van der Waals surface area contributed by atoms with Gasteiger partial charge in [0, 0.05) is 12.5 Å². The zero-order valence-electron chi connectivity index (χ0n) is 27.5. The summed E-state index contributed by atoms with van der Waals surface area (Å²) >= 11 is 0. The van der Waals surface area contributed by atoms with Crippen molar-refractivity contribution in [2.75, 3.05) is 6.54 Å². The van der Waals surface area contributed by atoms with Gasteiger partial charge in [-0.3, -0.25) is 9.63 Å². The first kappa shape index (κ1) is 37.6. The van der Waals surface area contributed by atoms with E-state index in [1.54, 1.807) is 65.8 Å². The minimum absolute atomic E-state index is 0.0964. The monoisotopic (exact) mass is 698 g/mol. The van der Waals surface area contributed by atoms with E-state index in [0.717, 1.165) is 33.5 Å². The molecule has 1 aromatic heterocycles. The van der Waals surface area contributed by atoms with Crippen molar-refractivity contribution in [3.63, 3.8) is 0 Å². The van der Waals surface area contributed by atoms with Crippen molar-refractivity contribution in [2.24, 2.45) is 5.28 Å². The second-order valence-corrected chi connectivity index (χ2v) is 14.2. The summed E-state index contributed by atoms with van der Waals surface area (Å²) in [7, 11) is -4.50. The molecule has 0 spiro atoms. The number of carbonyl (C=O) groups excluding carboxylic acids is 2. The quantitative estimate of drug-likeness (QED) is 0.0888. The largest absolute Gasteiger partial charge is 0.569 e. The van der Waals surface area contributed by atoms with Crippen LogP contribution in [0.2, 0.25) is 0 Å². The number of aromatic nitrogens is 2. The smallest absolute Gasteiger partial charge is 0.511 e. The summed E-state index contributed by atoms with van der Waals surface area (Å²) in [6, 6.07) is 12.3. The molecule has 0 radical (unpaired) electrons. The first-order valence-electron chi connectivity index (χ1n) is 14.4. The summed E-state index contributed by atoms with van der Waals surface area (Å²) in [5, 5.41) is 20.6. The van der Waals surface area contributed by atoms with Gasteiger partial charge in [-0.1, -0.05) is 29.8 Å². The molecule has 0 aliphatic rings. The fourth-order valence-electron chi connectivity index (χ4n) is 3.93. The third-order valence-electron chi connectivity index (χ3n) is 6.18. The normalized spacial score (nSPS) is 13.4. The highest BCUT2D eigenvalue weighted by atomic mass is 32.2. The van der Waals surface area contributed by atoms with Gasteiger partial charge in [0.25, 0.3) is 22.2 Å². The number of rotatable bonds is 10. The fraction of sp³-hybridized carbons (Fsp3) is 0.433. The molecule has 18 heteroatoms. The summed E-state index contributed by atoms with van der Waals surface area (Å²) < 4.78 is 79.5. The van der Waals surface area contributed by atoms with Gasteiger partial charge in [-0.15, -0.1) is 5.01 Å². The number of benzene rings is 2. The van der Waals surface area contributed by atoms with E-state index in [-0.39, 0.29) is 21.2 Å². The molecular formula is C30H37F3N6O8S. The number of carbonyl (C=O) groups is 2. The second kappa shape index (κ2) is 14.1. The third kappa shape index (κ3) is 10.3. The Morgan fingerprint density at radius 2 is 1.62 bits per heavy atom. The third-order valence-corrected chi connectivity index (χ3v) is 7.57. The lowest BCUT2D eigenvalue weighted by Crippen LogP contribution is -2.51. The van der Waals surface area contributed by atoms with Crippen LogP contribution >= 0.6 is 0 Å². The molecule has 0 fully saturated rings. The van der Waals surface area contributed by atoms with E-state index in [9.17, 15) is 36.4 Å². The van der Waals surface area contributed by atoms with Crippen LogP contribution in [-0.2, 0) is 35.3 Å². The Morgan fingerprint density at radius 3 is 2.15 bits per heavy atom. The van der Waals surface area contributed by atoms with Gasteiger partial charge in [0.2, 0.25) is 5.28 Å². The molecule has 0 bridgehead atoms. The van der Waals surface area contributed by atoms with Crippen LogP contribution in [0, 0.1) is 12.1 Å². The number of amides is 1. The molecule has 0 aliphatic carbocycles. The lowest BCUT2D eigenvalue weighted by atomic mass is 10.1. The molecule has 1 N–H and O–H groups in total. The highest BCUT2D eigenvalue weighted by molar-refractivity contribution is 7.90. The molecule has 1 atom stereocenters. The van der Waals surface area contributed by atoms with Crippen LogP contribution in [0.4, 0.5) is 18.0 Å². The number of nitrogens with zero attached hydrogens (tertiary/aromatic N) is 5. The van der Waals surface area contributed by atoms with Crippen molar-refractivity contribution in [3.8, 4) is 16.9 Å². The SMILES string of the molecule is Cc1ccc(-c2cc(C(F)(F)F)nn2-c2ccc(S(=O)(=O)NC(=O)CN([N+]([O-])=NOC(C)OC(=O)OC(C)(C)C)C(C)(C)C)cc2)cc1. The Morgan fingerprint density at radius 1 is 1.04 bits per heavy atom. The predicted molar refractivity (Wildman–Crippen MR) is 164 cm³/mol. The molecule has 14 nitrogen and oxygen atoms in total. The van der Waals surface area contributed by atoms with E-state index in [1.807, 2.05) is 11.6 Å². The zero-order chi connectivity index (χ0) is 36.2. The average molecular weight is 699 g/mol. The Balaban J connectivity index is 1.77. The molecule has 1 heterocycles. The van der Waals surface area contributed by atoms with Gasteiger partial charge in [-0.05, 0) is 78.8 Å². The number of hydrogen-bond acceptors (Lipinski definition) is 10. The fourth-order valence-corrected chi connectivity index (χ4v) is 4.90. The number of ether oxygens (including phenoxy) is 2. The molecule has 3 aromatic rings. The van der Waals surface area contributed by atoms with E-state index in [2.05, 4.69) is 10.4 Å². The van der Waals surface area contributed by atoms with Crippen LogP contribution in [0.5, 0.6) is 0 Å². The first-order chi connectivity index (χ1) is 22.0. The van der Waals surface area contributed by atoms with Crippen molar-refractivity contribution >= 4 is 22.1 Å². The van der Waals surface area contributed by atoms with E-state index >= 15 is 0 Å². The minimum Gasteiger partial charge on any atom is -0.569 e. The van der Waals surface area contributed by atoms with Crippen molar-refractivity contribution in [1.82, 2.24) is 19.5 Å². The molecule has 2 aromatic carbocycles. The summed E-state index contributed by atoms with van der Waals surface area (Å²) in [6.45, 7) is 11.8. The standard InChI is InChI=1S/C30H37F3N6O8S/c1-19-9-11-21(12-10-19)24-17-25(30(31,32)33)34-38(24)22-13-15-23(16-14-22)48(43,44)35-26(40)18-37(28(3,4)5)39(42)36-47-20(2)45-27(41)46-29(6,7)8/h9-17,20H,18H2,1-8H3,(H,35,40). The Kier molecular flexibility index (Phi) is 11.0. The highest BCUT2D eigenvalue weighted by Crippen LogP contribution is 2.33. The summed E-state index contributed by atoms with van der Waals surface area (Å²) in [6.07, 6.45) is -7.16. The van der Waals surface area contributed by atoms with Crippen LogP contribution < -0.4 is 4.72 Å². The predicted octanol–water partition coefficient (Wildman–Crippen LogP) is 5.88. The number of halogens is 3. The van der Waals surface area contributed by atoms with E-state index in [1.165, 1.54) is 19.1 Å². The van der Waals surface area contributed by atoms with Crippen LogP contribution in [0.3, 0.4) is 0 Å². The average Bonchev–Trinajstić information content (AvgIpc) is 3.40. The Bertz CT molecular complexity index is 1750. The summed E-state index contributed by atoms with van der Waals surface area (Å²) in [4.78, 5) is 29.0. The second-order valence-electron chi connectivity index (χ2n) is 12.5. The maximum absolute atomic E-state index is 13.5. The topological polar surface area (TPSA) is 167 Å². The van der Waals surface area contributed by atoms with E-state index in [4.69, 9.17) is 14.3 Å². The first-order valence-corrected chi connectivity index (χ1v) is 15.9. The van der Waals surface area contributed by atoms with Crippen LogP contribution in [0.1, 0.15) is 59.7 Å². The van der Waals surface area contributed by atoms with Crippen LogP contribution in [0.15, 0.2) is 64.8 Å². The zero-order valence-corrected chi connectivity index (χ0v) is 28.3. The van der Waals surface area contributed by atoms with Gasteiger partial charge in [0.15, 0.2) is 12.2 Å². The van der Waals surface area contributed by atoms with Gasteiger partial charge in [0.1, 0.15) is 5.60 Å². The number of hydrazine groups is 1. The highest BCUT2D eigenvalue weighted by Gasteiger charge is 2.36. The Labute approximate surface area is 275 Å². The maximum atomic E-state index is 13.5. The van der Waals surface area contributed by atoms with Crippen molar-refractivity contribution < 1.29 is 50.5 Å². The molecule has 0 aliphatic heterocycles. The van der Waals surface area contributed by atoms with Crippen LogP contribution in [-0.4, -0.2) is 64.2 Å². The molecule has 3 rings (SSSR count). The molecule has 262 valence electrons. The molecule has 1 amide bonds. The molecule has 1 unspecified atom stereocenters. The number of sulfonamides is 1. The van der Waals surface area contributed by atoms with E-state index in [0.29, 0.717) is 5.56 Å². The van der Waals surface area contributed by atoms with Crippen LogP contribution in [0.25, 0.3) is 16.9 Å². The van der Waals surface area contributed by atoms with Gasteiger partial charge in [0.05, 0.1) is 26.8 Å². The number of aryl methyl sites for hydroxylation is 1. The van der Waals surface area contributed by atoms with Crippen molar-refractivity contribution in [2.45, 2.75) is 83.9 Å². The molecule has 48 heavy (non-hydrogen) atoms. The number of nitrogens with one attached hydrogen (secondary N) is 1. The molecule has 0 saturated carbocycles. The molecular weight excluding hydrogens is 661 g/mol. The van der Waals surface area contributed by atoms with Crippen molar-refractivity contribution in [1.29, 1.82) is 0 Å². The summed E-state index contributed by atoms with van der Waals surface area (Å²) in [5.74, 6) is -1.12. The molecule has 0 saturated heterocycles. The van der Waals surface area contributed by atoms with Gasteiger partial charge < -0.3 is 14.7 Å². The summed E-state index contributed by atoms with van der Waals surface area (Å²) in [5.41, 5.74) is -1.47. The maximum Gasteiger partial charge on any atom is 0.511 e. The van der Waals surface area contributed by atoms with Gasteiger partial charge in [-0.2, -0.15) is 18.3 Å². The number of alkyl halides is 3. The van der Waals surface area contributed by atoms with Gasteiger partial charge in [-0.25, -0.2) is 22.6 Å². The van der Waals surface area contributed by atoms with Gasteiger partial charge >= 0.3 is 12.3 Å². The lowest BCUT2D eigenvalue weighted by molar-refractivity contribution is -0.724. The minimum atomic E-state index is -4.73. The van der Waals surface area contributed by atoms with Crippen molar-refractivity contribution in [3.05, 3.63) is 71.1 Å². The Hall–Kier alpha value is -4.87.